The Morgan fingerprint density at radius 1 is 1.67 bits per heavy atom. The first-order valence-electron chi connectivity index (χ1n) is 2.48. The molecule has 9 heavy (non-hydrogen) atoms. The molecule has 0 aliphatic heterocycles. The summed E-state index contributed by atoms with van der Waals surface area (Å²) in [4.78, 5) is 1.19. The van der Waals surface area contributed by atoms with Crippen LogP contribution in [0.3, 0.4) is 0 Å². The van der Waals surface area contributed by atoms with Crippen molar-refractivity contribution in [1.29, 1.82) is 0 Å². The second kappa shape index (κ2) is 2.44. The highest BCUT2D eigenvalue weighted by atomic mass is 32.1. The van der Waals surface area contributed by atoms with Gasteiger partial charge in [-0.1, -0.05) is 0 Å². The molecule has 0 fully saturated rings. The fourth-order valence-corrected chi connectivity index (χ4v) is 2.12. The van der Waals surface area contributed by atoms with Gasteiger partial charge in [0.25, 0.3) is 0 Å². The van der Waals surface area contributed by atoms with Gasteiger partial charge in [-0.15, -0.1) is 24.0 Å². The van der Waals surface area contributed by atoms with E-state index < -0.39 is 0 Å². The normalized spacial score (nSPS) is 10.1. The molecule has 0 aromatic carbocycles. The summed E-state index contributed by atoms with van der Waals surface area (Å²) < 4.78 is 2.79. The monoisotopic (exact) mass is 177 g/mol. The number of aromatic nitrogens is 1. The van der Waals surface area contributed by atoms with Crippen LogP contribution >= 0.6 is 36.2 Å². The third-order valence-electron chi connectivity index (χ3n) is 1.15. The quantitative estimate of drug-likeness (QED) is 0.471. The maximum absolute atomic E-state index is 4.99. The predicted octanol–water partition coefficient (Wildman–Crippen LogP) is 2.41. The average molecular weight is 177 g/mol. The molecule has 0 aliphatic rings. The van der Waals surface area contributed by atoms with Crippen molar-refractivity contribution in [3.05, 3.63) is 8.83 Å². The van der Waals surface area contributed by atoms with Gasteiger partial charge in [0.1, 0.15) is 0 Å². The maximum Gasteiger partial charge on any atom is 0.161 e. The van der Waals surface area contributed by atoms with E-state index in [4.69, 9.17) is 12.2 Å². The zero-order valence-corrected chi connectivity index (χ0v) is 7.74. The smallest absolute Gasteiger partial charge is 0.161 e. The first-order chi connectivity index (χ1) is 4.13. The second-order valence-electron chi connectivity index (χ2n) is 1.81. The molecule has 4 heteroatoms. The summed E-state index contributed by atoms with van der Waals surface area (Å²) in [6.07, 6.45) is 0. The molecule has 1 nitrogen and oxygen atoms in total. The predicted molar refractivity (Wildman–Crippen MR) is 46.1 cm³/mol. The van der Waals surface area contributed by atoms with E-state index in [9.17, 15) is 0 Å². The minimum absolute atomic E-state index is 0.887. The fraction of sp³-hybridized carbons (Fsp3) is 0.400. The minimum atomic E-state index is 0.887. The van der Waals surface area contributed by atoms with E-state index in [-0.39, 0.29) is 0 Å². The zero-order chi connectivity index (χ0) is 7.02. The van der Waals surface area contributed by atoms with E-state index in [0.717, 1.165) is 8.98 Å². The summed E-state index contributed by atoms with van der Waals surface area (Å²) in [5.41, 5.74) is 0. The number of thiazole rings is 1. The van der Waals surface area contributed by atoms with Crippen molar-refractivity contribution >= 4 is 36.2 Å². The molecule has 1 rings (SSSR count). The third kappa shape index (κ3) is 1.20. The topological polar surface area (TPSA) is 4.93 Å². The Bertz CT molecular complexity index is 270. The summed E-state index contributed by atoms with van der Waals surface area (Å²) in [7, 11) is 1.92. The average Bonchev–Trinajstić information content (AvgIpc) is 1.98. The summed E-state index contributed by atoms with van der Waals surface area (Å²) >= 11 is 10.8. The molecule has 0 atom stereocenters. The van der Waals surface area contributed by atoms with E-state index in [0.29, 0.717) is 0 Å². The Hall–Kier alpha value is 0.200. The number of thiol groups is 1. The Balaban J connectivity index is 3.47. The summed E-state index contributed by atoms with van der Waals surface area (Å²) in [6, 6.07) is 0. The van der Waals surface area contributed by atoms with E-state index in [2.05, 4.69) is 12.6 Å². The molecule has 0 unspecified atom stereocenters. The molecule has 0 N–H and O–H groups in total. The number of hydrogen-bond acceptors (Lipinski definition) is 3. The van der Waals surface area contributed by atoms with E-state index >= 15 is 0 Å². The molecular formula is C5H7NS3. The first kappa shape index (κ1) is 7.31. The molecular weight excluding hydrogens is 170 g/mol. The van der Waals surface area contributed by atoms with Gasteiger partial charge in [0, 0.05) is 11.9 Å². The van der Waals surface area contributed by atoms with Gasteiger partial charge in [-0.2, -0.15) is 0 Å². The van der Waals surface area contributed by atoms with Gasteiger partial charge in [0.15, 0.2) is 3.95 Å². The van der Waals surface area contributed by atoms with Crippen LogP contribution in [-0.4, -0.2) is 4.57 Å². The maximum atomic E-state index is 4.99. The van der Waals surface area contributed by atoms with Crippen molar-refractivity contribution < 1.29 is 0 Å². The van der Waals surface area contributed by atoms with Gasteiger partial charge in [-0.05, 0) is 19.1 Å². The van der Waals surface area contributed by atoms with Crippen LogP contribution in [0.4, 0.5) is 0 Å². The third-order valence-corrected chi connectivity index (χ3v) is 3.41. The van der Waals surface area contributed by atoms with Gasteiger partial charge in [0.05, 0.1) is 5.03 Å². The second-order valence-corrected chi connectivity index (χ2v) is 4.08. The summed E-state index contributed by atoms with van der Waals surface area (Å²) in [6.45, 7) is 2.02. The highest BCUT2D eigenvalue weighted by molar-refractivity contribution is 7.80. The highest BCUT2D eigenvalue weighted by Gasteiger charge is 1.99. The first-order valence-corrected chi connectivity index (χ1v) is 4.15. The van der Waals surface area contributed by atoms with Crippen LogP contribution in [0.2, 0.25) is 0 Å². The van der Waals surface area contributed by atoms with E-state index in [1.54, 1.807) is 11.3 Å². The molecule has 0 spiro atoms. The van der Waals surface area contributed by atoms with Crippen molar-refractivity contribution in [3.63, 3.8) is 0 Å². The molecule has 0 amide bonds. The van der Waals surface area contributed by atoms with Gasteiger partial charge in [-0.25, -0.2) is 0 Å². The van der Waals surface area contributed by atoms with Crippen LogP contribution in [0.1, 0.15) is 4.88 Å². The number of hydrogen-bond donors (Lipinski definition) is 1. The molecule has 0 saturated heterocycles. The van der Waals surface area contributed by atoms with Crippen LogP contribution in [0, 0.1) is 10.9 Å². The van der Waals surface area contributed by atoms with Crippen LogP contribution in [-0.2, 0) is 7.05 Å². The van der Waals surface area contributed by atoms with Gasteiger partial charge < -0.3 is 4.57 Å². The van der Waals surface area contributed by atoms with Crippen molar-refractivity contribution in [1.82, 2.24) is 4.57 Å². The van der Waals surface area contributed by atoms with Crippen LogP contribution < -0.4 is 0 Å². The number of rotatable bonds is 0. The van der Waals surface area contributed by atoms with Crippen molar-refractivity contribution in [3.8, 4) is 0 Å². The highest BCUT2D eigenvalue weighted by Crippen LogP contribution is 2.19. The molecule has 0 radical (unpaired) electrons. The van der Waals surface area contributed by atoms with Crippen LogP contribution in [0.25, 0.3) is 0 Å². The minimum Gasteiger partial charge on any atom is -0.321 e. The number of nitrogens with zero attached hydrogens (tertiary/aromatic N) is 1. The van der Waals surface area contributed by atoms with E-state index in [1.165, 1.54) is 4.88 Å². The molecule has 0 aliphatic carbocycles. The number of aryl methyl sites for hydroxylation is 1. The van der Waals surface area contributed by atoms with Crippen molar-refractivity contribution in [2.45, 2.75) is 11.9 Å². The lowest BCUT2D eigenvalue weighted by Crippen LogP contribution is -1.85. The Morgan fingerprint density at radius 3 is 2.33 bits per heavy atom. The standard InChI is InChI=1S/C5H7NS3/c1-3-4(7)6(2)5(8)9-3/h7H,1-2H3. The largest absolute Gasteiger partial charge is 0.321 e. The van der Waals surface area contributed by atoms with Crippen LogP contribution in [0.15, 0.2) is 5.03 Å². The van der Waals surface area contributed by atoms with Gasteiger partial charge in [-0.3, -0.25) is 0 Å². The molecule has 1 aromatic heterocycles. The molecule has 50 valence electrons. The Kier molecular flexibility index (Phi) is 1.98. The molecule has 1 aromatic rings. The molecule has 1 heterocycles. The molecule has 0 saturated carbocycles. The van der Waals surface area contributed by atoms with Gasteiger partial charge >= 0.3 is 0 Å². The zero-order valence-electron chi connectivity index (χ0n) is 5.21. The summed E-state index contributed by atoms with van der Waals surface area (Å²) in [5.74, 6) is 0. The molecule has 0 bridgehead atoms. The van der Waals surface area contributed by atoms with E-state index in [1.807, 2.05) is 18.5 Å². The van der Waals surface area contributed by atoms with Gasteiger partial charge in [0.2, 0.25) is 0 Å². The lowest BCUT2D eigenvalue weighted by atomic mass is 10.6. The Morgan fingerprint density at radius 2 is 2.22 bits per heavy atom. The fourth-order valence-electron chi connectivity index (χ4n) is 0.568. The van der Waals surface area contributed by atoms with Crippen molar-refractivity contribution in [2.24, 2.45) is 7.05 Å². The lowest BCUT2D eigenvalue weighted by Gasteiger charge is -1.91. The Labute approximate surface area is 68.7 Å². The lowest BCUT2D eigenvalue weighted by molar-refractivity contribution is 0.814. The van der Waals surface area contributed by atoms with Crippen molar-refractivity contribution in [2.75, 3.05) is 0 Å². The SMILES string of the molecule is Cc1sc(=S)n(C)c1S. The van der Waals surface area contributed by atoms with Crippen LogP contribution in [0.5, 0.6) is 0 Å². The summed E-state index contributed by atoms with van der Waals surface area (Å²) in [5, 5.41) is 0.977.